The molecule has 0 atom stereocenters. The van der Waals surface area contributed by atoms with Gasteiger partial charge >= 0.3 is 0 Å². The molecule has 200 valence electrons. The molecule has 0 spiro atoms. The van der Waals surface area contributed by atoms with Crippen LogP contribution in [-0.2, 0) is 0 Å². The van der Waals surface area contributed by atoms with Crippen molar-refractivity contribution in [2.45, 2.75) is 0 Å². The molecule has 43 heavy (non-hydrogen) atoms. The summed E-state index contributed by atoms with van der Waals surface area (Å²) in [4.78, 5) is 10.2. The van der Waals surface area contributed by atoms with Crippen LogP contribution in [0.4, 0.5) is 0 Å². The van der Waals surface area contributed by atoms with Crippen molar-refractivity contribution >= 4 is 54.4 Å². The van der Waals surface area contributed by atoms with Gasteiger partial charge in [0.1, 0.15) is 0 Å². The third kappa shape index (κ3) is 3.75. The fourth-order valence-electron chi connectivity index (χ4n) is 6.51. The molecule has 0 saturated heterocycles. The lowest BCUT2D eigenvalue weighted by molar-refractivity contribution is 1.18. The zero-order valence-electron chi connectivity index (χ0n) is 23.3. The average Bonchev–Trinajstić information content (AvgIpc) is 3.40. The fraction of sp³-hybridized carbons (Fsp3) is 0. The number of benzene rings is 6. The molecule has 0 aliphatic heterocycles. The molecule has 3 heterocycles. The summed E-state index contributed by atoms with van der Waals surface area (Å²) in [5.41, 5.74) is 9.65. The molecule has 3 heteroatoms. The summed E-state index contributed by atoms with van der Waals surface area (Å²) in [6.45, 7) is 0. The number of hydrogen-bond acceptors (Lipinski definition) is 2. The molecule has 9 aromatic rings. The predicted molar refractivity (Wildman–Crippen MR) is 180 cm³/mol. The standard InChI is InChI=1S/C40H25N3/c1-2-11-29(12-3-1)43-38-17-9-6-14-31(38)33-24-32-30-13-5-8-16-37(30)42-40(34(32)25-39(33)43)28-20-18-27(19-21-28)36-23-22-26-10-4-7-15-35(26)41-36/h1-25H. The van der Waals surface area contributed by atoms with Crippen molar-refractivity contribution < 1.29 is 0 Å². The average molecular weight is 548 g/mol. The number of para-hydroxylation sites is 4. The monoisotopic (exact) mass is 547 g/mol. The highest BCUT2D eigenvalue weighted by atomic mass is 15.0. The number of nitrogens with zero attached hydrogens (tertiary/aromatic N) is 3. The Morgan fingerprint density at radius 3 is 1.95 bits per heavy atom. The van der Waals surface area contributed by atoms with Crippen molar-refractivity contribution in [3.63, 3.8) is 0 Å². The van der Waals surface area contributed by atoms with Gasteiger partial charge in [0.05, 0.1) is 33.5 Å². The first-order valence-electron chi connectivity index (χ1n) is 14.6. The van der Waals surface area contributed by atoms with Crippen LogP contribution in [0.5, 0.6) is 0 Å². The van der Waals surface area contributed by atoms with Crippen molar-refractivity contribution in [2.24, 2.45) is 0 Å². The van der Waals surface area contributed by atoms with E-state index in [9.17, 15) is 0 Å². The van der Waals surface area contributed by atoms with Crippen molar-refractivity contribution in [3.05, 3.63) is 152 Å². The lowest BCUT2D eigenvalue weighted by Gasteiger charge is -2.13. The van der Waals surface area contributed by atoms with E-state index in [1.54, 1.807) is 0 Å². The summed E-state index contributed by atoms with van der Waals surface area (Å²) in [7, 11) is 0. The highest BCUT2D eigenvalue weighted by Gasteiger charge is 2.17. The zero-order chi connectivity index (χ0) is 28.3. The number of pyridine rings is 2. The smallest absolute Gasteiger partial charge is 0.0788 e. The second-order valence-corrected chi connectivity index (χ2v) is 11.0. The Labute approximate surface area is 248 Å². The largest absolute Gasteiger partial charge is 0.309 e. The molecule has 0 saturated carbocycles. The molecule has 0 bridgehead atoms. The van der Waals surface area contributed by atoms with Gasteiger partial charge in [0.2, 0.25) is 0 Å². The highest BCUT2D eigenvalue weighted by Crippen LogP contribution is 2.40. The van der Waals surface area contributed by atoms with E-state index in [-0.39, 0.29) is 0 Å². The number of hydrogen-bond donors (Lipinski definition) is 0. The van der Waals surface area contributed by atoms with E-state index in [1.165, 1.54) is 27.2 Å². The minimum Gasteiger partial charge on any atom is -0.309 e. The molecular weight excluding hydrogens is 522 g/mol. The summed E-state index contributed by atoms with van der Waals surface area (Å²) >= 11 is 0. The van der Waals surface area contributed by atoms with E-state index in [0.29, 0.717) is 0 Å². The van der Waals surface area contributed by atoms with Gasteiger partial charge in [0, 0.05) is 43.7 Å². The van der Waals surface area contributed by atoms with Crippen LogP contribution in [0.25, 0.3) is 82.6 Å². The highest BCUT2D eigenvalue weighted by molar-refractivity contribution is 6.20. The third-order valence-corrected chi connectivity index (χ3v) is 8.56. The maximum absolute atomic E-state index is 5.26. The first-order chi connectivity index (χ1) is 21.3. The van der Waals surface area contributed by atoms with Crippen molar-refractivity contribution in [1.82, 2.24) is 14.5 Å². The Balaban J connectivity index is 1.30. The van der Waals surface area contributed by atoms with Crippen molar-refractivity contribution in [1.29, 1.82) is 0 Å². The summed E-state index contributed by atoms with van der Waals surface area (Å²) < 4.78 is 2.37. The molecule has 0 radical (unpaired) electrons. The summed E-state index contributed by atoms with van der Waals surface area (Å²) in [5.74, 6) is 0. The number of aromatic nitrogens is 3. The molecule has 9 rings (SSSR count). The number of rotatable bonds is 3. The van der Waals surface area contributed by atoms with Gasteiger partial charge in [-0.2, -0.15) is 0 Å². The molecule has 3 nitrogen and oxygen atoms in total. The Morgan fingerprint density at radius 1 is 0.395 bits per heavy atom. The SMILES string of the molecule is c1ccc(-n2c3ccccc3c3cc4c(cc32)c(-c2ccc(-c3ccc5ccccc5n3)cc2)nc2ccccc24)cc1. The third-order valence-electron chi connectivity index (χ3n) is 8.56. The molecule has 0 unspecified atom stereocenters. The Kier molecular flexibility index (Phi) is 5.20. The van der Waals surface area contributed by atoms with E-state index >= 15 is 0 Å². The Hall–Kier alpha value is -5.80. The van der Waals surface area contributed by atoms with Crippen molar-refractivity contribution in [3.8, 4) is 28.2 Å². The van der Waals surface area contributed by atoms with Gasteiger partial charge in [-0.1, -0.05) is 103 Å². The fourth-order valence-corrected chi connectivity index (χ4v) is 6.51. The van der Waals surface area contributed by atoms with Crippen LogP contribution in [0, 0.1) is 0 Å². The zero-order valence-corrected chi connectivity index (χ0v) is 23.3. The van der Waals surface area contributed by atoms with Crippen LogP contribution in [0.3, 0.4) is 0 Å². The normalized spacial score (nSPS) is 11.7. The lowest BCUT2D eigenvalue weighted by Crippen LogP contribution is -1.94. The van der Waals surface area contributed by atoms with E-state index in [2.05, 4.69) is 144 Å². The Morgan fingerprint density at radius 2 is 1.09 bits per heavy atom. The van der Waals surface area contributed by atoms with Crippen LogP contribution in [-0.4, -0.2) is 14.5 Å². The van der Waals surface area contributed by atoms with Gasteiger partial charge in [-0.15, -0.1) is 0 Å². The second-order valence-electron chi connectivity index (χ2n) is 11.0. The van der Waals surface area contributed by atoms with E-state index in [4.69, 9.17) is 9.97 Å². The topological polar surface area (TPSA) is 30.7 Å². The van der Waals surface area contributed by atoms with Gasteiger partial charge < -0.3 is 4.57 Å². The first kappa shape index (κ1) is 23.9. The van der Waals surface area contributed by atoms with E-state index in [1.807, 2.05) is 12.1 Å². The van der Waals surface area contributed by atoms with Gasteiger partial charge in [-0.25, -0.2) is 9.97 Å². The lowest BCUT2D eigenvalue weighted by atomic mass is 9.97. The maximum Gasteiger partial charge on any atom is 0.0788 e. The molecule has 0 fully saturated rings. The minimum atomic E-state index is 0.968. The molecule has 0 aliphatic rings. The molecule has 0 aliphatic carbocycles. The predicted octanol–water partition coefficient (Wildman–Crippen LogP) is 10.4. The second kappa shape index (κ2) is 9.37. The minimum absolute atomic E-state index is 0.968. The van der Waals surface area contributed by atoms with Gasteiger partial charge in [-0.05, 0) is 53.9 Å². The quantitative estimate of drug-likeness (QED) is 0.206. The van der Waals surface area contributed by atoms with Crippen LogP contribution in [0.15, 0.2) is 152 Å². The van der Waals surface area contributed by atoms with Crippen LogP contribution in [0.1, 0.15) is 0 Å². The molecule has 0 amide bonds. The van der Waals surface area contributed by atoms with Gasteiger partial charge in [0.15, 0.2) is 0 Å². The van der Waals surface area contributed by atoms with E-state index in [0.717, 1.165) is 55.4 Å². The number of fused-ring (bicyclic) bond motifs is 7. The van der Waals surface area contributed by atoms with Gasteiger partial charge in [-0.3, -0.25) is 0 Å². The first-order valence-corrected chi connectivity index (χ1v) is 14.6. The molecule has 3 aromatic heterocycles. The summed E-state index contributed by atoms with van der Waals surface area (Å²) in [6, 6.07) is 53.7. The van der Waals surface area contributed by atoms with Crippen LogP contribution >= 0.6 is 0 Å². The van der Waals surface area contributed by atoms with Crippen LogP contribution < -0.4 is 0 Å². The van der Waals surface area contributed by atoms with Gasteiger partial charge in [0.25, 0.3) is 0 Å². The molecule has 0 N–H and O–H groups in total. The summed E-state index contributed by atoms with van der Waals surface area (Å²) in [6.07, 6.45) is 0. The van der Waals surface area contributed by atoms with Crippen molar-refractivity contribution in [2.75, 3.05) is 0 Å². The molecule has 6 aromatic carbocycles. The molecular formula is C40H25N3. The van der Waals surface area contributed by atoms with E-state index < -0.39 is 0 Å². The summed E-state index contributed by atoms with van der Waals surface area (Å²) in [5, 5.41) is 7.16. The van der Waals surface area contributed by atoms with Crippen LogP contribution in [0.2, 0.25) is 0 Å². The maximum atomic E-state index is 5.26. The Bertz CT molecular complexity index is 2490.